The van der Waals surface area contributed by atoms with E-state index in [0.29, 0.717) is 24.2 Å². The van der Waals surface area contributed by atoms with Gasteiger partial charge in [-0.1, -0.05) is 12.1 Å². The molecular weight excluding hydrogens is 335 g/mol. The molecule has 3 rings (SSSR count). The zero-order valence-corrected chi connectivity index (χ0v) is 14.3. The van der Waals surface area contributed by atoms with Gasteiger partial charge < -0.3 is 15.2 Å². The molecular formula is C20H19FN2O3. The maximum Gasteiger partial charge on any atom is 0.253 e. The van der Waals surface area contributed by atoms with Gasteiger partial charge >= 0.3 is 0 Å². The largest absolute Gasteiger partial charge is 0.496 e. The molecule has 134 valence electrons. The van der Waals surface area contributed by atoms with Crippen molar-refractivity contribution in [3.63, 3.8) is 0 Å². The molecule has 26 heavy (non-hydrogen) atoms. The first kappa shape index (κ1) is 17.9. The monoisotopic (exact) mass is 354 g/mol. The molecule has 5 nitrogen and oxygen atoms in total. The van der Waals surface area contributed by atoms with Crippen LogP contribution in [0, 0.1) is 23.1 Å². The van der Waals surface area contributed by atoms with Gasteiger partial charge in [-0.3, -0.25) is 4.79 Å². The van der Waals surface area contributed by atoms with Gasteiger partial charge in [0.15, 0.2) is 0 Å². The molecule has 0 saturated heterocycles. The number of hydrogen-bond donors (Lipinski definition) is 2. The molecule has 6 heteroatoms. The van der Waals surface area contributed by atoms with E-state index in [-0.39, 0.29) is 17.0 Å². The Balaban J connectivity index is 1.94. The van der Waals surface area contributed by atoms with Gasteiger partial charge in [-0.05, 0) is 49.1 Å². The lowest BCUT2D eigenvalue weighted by molar-refractivity contribution is 0.0231. The number of aliphatic hydroxyl groups excluding tert-OH is 1. The number of ether oxygens (including phenoxy) is 1. The lowest BCUT2D eigenvalue weighted by Gasteiger charge is -2.38. The van der Waals surface area contributed by atoms with E-state index in [1.165, 1.54) is 25.3 Å². The number of rotatable bonds is 5. The number of methoxy groups -OCH3 is 1. The topological polar surface area (TPSA) is 82.3 Å². The van der Waals surface area contributed by atoms with Crippen LogP contribution in [0.25, 0.3) is 0 Å². The number of nitrogens with zero attached hydrogens (tertiary/aromatic N) is 1. The van der Waals surface area contributed by atoms with Crippen molar-refractivity contribution in [2.45, 2.75) is 25.0 Å². The minimum absolute atomic E-state index is 0.0427. The van der Waals surface area contributed by atoms with Gasteiger partial charge in [0.05, 0.1) is 36.5 Å². The van der Waals surface area contributed by atoms with Crippen LogP contribution in [0.1, 0.15) is 40.4 Å². The highest BCUT2D eigenvalue weighted by Crippen LogP contribution is 2.41. The Morgan fingerprint density at radius 3 is 2.73 bits per heavy atom. The van der Waals surface area contributed by atoms with Crippen LogP contribution in [0.3, 0.4) is 0 Å². The van der Waals surface area contributed by atoms with E-state index in [1.807, 2.05) is 6.07 Å². The number of carbonyl (C=O) groups is 1. The number of amides is 1. The average molecular weight is 354 g/mol. The SMILES string of the molecule is COc1ccc(F)cc1[C@H](NC(=O)c1ccccc1C#N)C1CC(O)C1. The quantitative estimate of drug-likeness (QED) is 0.865. The third kappa shape index (κ3) is 3.53. The highest BCUT2D eigenvalue weighted by Gasteiger charge is 2.37. The van der Waals surface area contributed by atoms with Crippen molar-refractivity contribution in [3.05, 3.63) is 65.0 Å². The molecule has 0 aliphatic heterocycles. The maximum atomic E-state index is 13.8. The second-order valence-corrected chi connectivity index (χ2v) is 6.38. The Morgan fingerprint density at radius 2 is 2.08 bits per heavy atom. The van der Waals surface area contributed by atoms with Crippen LogP contribution < -0.4 is 10.1 Å². The van der Waals surface area contributed by atoms with Gasteiger partial charge in [-0.25, -0.2) is 4.39 Å². The molecule has 2 aromatic carbocycles. The van der Waals surface area contributed by atoms with Crippen molar-refractivity contribution < 1.29 is 19.0 Å². The van der Waals surface area contributed by atoms with Crippen LogP contribution >= 0.6 is 0 Å². The zero-order valence-electron chi connectivity index (χ0n) is 14.3. The molecule has 1 saturated carbocycles. The third-order valence-corrected chi connectivity index (χ3v) is 4.73. The number of nitriles is 1. The Labute approximate surface area is 151 Å². The van der Waals surface area contributed by atoms with Crippen molar-refractivity contribution in [3.8, 4) is 11.8 Å². The molecule has 1 fully saturated rings. The number of aliphatic hydroxyl groups is 1. The summed E-state index contributed by atoms with van der Waals surface area (Å²) in [5.74, 6) is -0.428. The number of benzene rings is 2. The lowest BCUT2D eigenvalue weighted by atomic mass is 9.74. The highest BCUT2D eigenvalue weighted by atomic mass is 19.1. The number of hydrogen-bond acceptors (Lipinski definition) is 4. The normalized spacial score (nSPS) is 19.8. The highest BCUT2D eigenvalue weighted by molar-refractivity contribution is 5.96. The molecule has 0 spiro atoms. The first-order valence-corrected chi connectivity index (χ1v) is 8.35. The summed E-state index contributed by atoms with van der Waals surface area (Å²) in [6.07, 6.45) is 0.583. The third-order valence-electron chi connectivity index (χ3n) is 4.73. The smallest absolute Gasteiger partial charge is 0.253 e. The predicted molar refractivity (Wildman–Crippen MR) is 93.0 cm³/mol. The second kappa shape index (κ2) is 7.54. The summed E-state index contributed by atoms with van der Waals surface area (Å²) in [5, 5.41) is 21.8. The van der Waals surface area contributed by atoms with Crippen molar-refractivity contribution in [2.75, 3.05) is 7.11 Å². The van der Waals surface area contributed by atoms with Gasteiger partial charge in [0.25, 0.3) is 5.91 Å². The molecule has 0 unspecified atom stereocenters. The van der Waals surface area contributed by atoms with E-state index in [2.05, 4.69) is 5.32 Å². The first-order valence-electron chi connectivity index (χ1n) is 8.35. The van der Waals surface area contributed by atoms with E-state index < -0.39 is 23.9 Å². The molecule has 0 bridgehead atoms. The van der Waals surface area contributed by atoms with Crippen molar-refractivity contribution in [2.24, 2.45) is 5.92 Å². The molecule has 0 radical (unpaired) electrons. The van der Waals surface area contributed by atoms with Crippen LogP contribution in [-0.2, 0) is 0 Å². The Bertz CT molecular complexity index is 856. The van der Waals surface area contributed by atoms with Gasteiger partial charge in [0, 0.05) is 5.56 Å². The average Bonchev–Trinajstić information content (AvgIpc) is 2.63. The molecule has 0 heterocycles. The van der Waals surface area contributed by atoms with Crippen LogP contribution in [0.15, 0.2) is 42.5 Å². The van der Waals surface area contributed by atoms with Gasteiger partial charge in [0.1, 0.15) is 11.6 Å². The maximum absolute atomic E-state index is 13.8. The summed E-state index contributed by atoms with van der Waals surface area (Å²) < 4.78 is 19.2. The molecule has 1 aliphatic rings. The van der Waals surface area contributed by atoms with Crippen LogP contribution in [0.5, 0.6) is 5.75 Å². The number of halogens is 1. The second-order valence-electron chi connectivity index (χ2n) is 6.38. The van der Waals surface area contributed by atoms with E-state index in [4.69, 9.17) is 4.74 Å². The van der Waals surface area contributed by atoms with Crippen LogP contribution in [0.2, 0.25) is 0 Å². The van der Waals surface area contributed by atoms with Crippen molar-refractivity contribution in [1.82, 2.24) is 5.32 Å². The van der Waals surface area contributed by atoms with E-state index >= 15 is 0 Å². The Hall–Kier alpha value is -2.91. The fourth-order valence-electron chi connectivity index (χ4n) is 3.30. The van der Waals surface area contributed by atoms with Gasteiger partial charge in [-0.15, -0.1) is 0 Å². The van der Waals surface area contributed by atoms with Crippen LogP contribution in [-0.4, -0.2) is 24.2 Å². The minimum Gasteiger partial charge on any atom is -0.496 e. The summed E-state index contributed by atoms with van der Waals surface area (Å²) in [6.45, 7) is 0. The van der Waals surface area contributed by atoms with Crippen molar-refractivity contribution >= 4 is 5.91 Å². The Kier molecular flexibility index (Phi) is 5.19. The Morgan fingerprint density at radius 1 is 1.35 bits per heavy atom. The molecule has 1 aliphatic carbocycles. The zero-order chi connectivity index (χ0) is 18.7. The molecule has 1 atom stereocenters. The van der Waals surface area contributed by atoms with Gasteiger partial charge in [-0.2, -0.15) is 5.26 Å². The summed E-state index contributed by atoms with van der Waals surface area (Å²) in [6, 6.07) is 12.1. The summed E-state index contributed by atoms with van der Waals surface area (Å²) in [5.41, 5.74) is 1.05. The molecule has 2 N–H and O–H groups in total. The molecule has 0 aromatic heterocycles. The summed E-state index contributed by atoms with van der Waals surface area (Å²) in [4.78, 5) is 12.8. The van der Waals surface area contributed by atoms with Gasteiger partial charge in [0.2, 0.25) is 0 Å². The fourth-order valence-corrected chi connectivity index (χ4v) is 3.30. The van der Waals surface area contributed by atoms with Crippen molar-refractivity contribution in [1.29, 1.82) is 5.26 Å². The van der Waals surface area contributed by atoms with E-state index in [1.54, 1.807) is 24.3 Å². The van der Waals surface area contributed by atoms with E-state index in [0.717, 1.165) is 0 Å². The minimum atomic E-state index is -0.525. The summed E-state index contributed by atoms with van der Waals surface area (Å²) in [7, 11) is 1.48. The van der Waals surface area contributed by atoms with Crippen LogP contribution in [0.4, 0.5) is 4.39 Å². The lowest BCUT2D eigenvalue weighted by Crippen LogP contribution is -2.41. The first-order chi connectivity index (χ1) is 12.5. The fraction of sp³-hybridized carbons (Fsp3) is 0.300. The van der Waals surface area contributed by atoms with E-state index in [9.17, 15) is 19.6 Å². The molecule has 1 amide bonds. The summed E-state index contributed by atoms with van der Waals surface area (Å²) >= 11 is 0. The number of nitrogens with one attached hydrogen (secondary N) is 1. The standard InChI is InChI=1S/C20H19FN2O3/c1-26-18-7-6-14(21)10-17(18)19(13-8-15(24)9-13)23-20(25)16-5-3-2-4-12(16)11-22/h2-7,10,13,15,19,24H,8-9H2,1H3,(H,23,25)/t13?,15?,19-/m1/s1. The predicted octanol–water partition coefficient (Wildman–Crippen LogP) is 2.95. The number of carbonyl (C=O) groups excluding carboxylic acids is 1. The molecule has 2 aromatic rings.